The smallest absolute Gasteiger partial charge is 0.208 e. The monoisotopic (exact) mass is 243 g/mol. The van der Waals surface area contributed by atoms with Gasteiger partial charge in [-0.2, -0.15) is 4.31 Å². The van der Waals surface area contributed by atoms with Gasteiger partial charge in [0.2, 0.25) is 10.0 Å². The van der Waals surface area contributed by atoms with Gasteiger partial charge in [-0.3, -0.25) is 0 Å². The van der Waals surface area contributed by atoms with Crippen LogP contribution in [0.2, 0.25) is 0 Å². The van der Waals surface area contributed by atoms with Gasteiger partial charge >= 0.3 is 0 Å². The van der Waals surface area contributed by atoms with E-state index in [1.807, 2.05) is 45.1 Å². The highest BCUT2D eigenvalue weighted by Crippen LogP contribution is 2.07. The van der Waals surface area contributed by atoms with E-state index < -0.39 is 10.0 Å². The van der Waals surface area contributed by atoms with Gasteiger partial charge in [-0.1, -0.05) is 44.7 Å². The molecule has 16 heavy (non-hydrogen) atoms. The number of hydrogen-bond acceptors (Lipinski definition) is 2. The average molecular weight is 243 g/mol. The molecule has 0 aromatic heterocycles. The zero-order valence-electron chi connectivity index (χ0n) is 10.3. The van der Waals surface area contributed by atoms with E-state index in [0.29, 0.717) is 19.0 Å². The molecule has 92 valence electrons. The standard InChI is InChI=1S/C12H21NO2S/c1-5-7-8-9-10-13(11-12(3)4)16(14,15)6-2/h5-9,12H,2,10-11H2,1,3-4H3/b7-5+,9-8+. The predicted octanol–water partition coefficient (Wildman–Crippen LogP) is 2.55. The minimum Gasteiger partial charge on any atom is -0.208 e. The van der Waals surface area contributed by atoms with Crippen LogP contribution in [0, 0.1) is 5.92 Å². The summed E-state index contributed by atoms with van der Waals surface area (Å²) in [5, 5.41) is 0.999. The molecular formula is C12H21NO2S. The second-order valence-electron chi connectivity index (χ2n) is 3.88. The average Bonchev–Trinajstić information content (AvgIpc) is 2.22. The van der Waals surface area contributed by atoms with Crippen LogP contribution in [0.4, 0.5) is 0 Å². The molecule has 0 saturated heterocycles. The zero-order chi connectivity index (χ0) is 12.6. The summed E-state index contributed by atoms with van der Waals surface area (Å²) in [6.45, 7) is 10.1. The van der Waals surface area contributed by atoms with Crippen molar-refractivity contribution in [2.24, 2.45) is 5.92 Å². The summed E-state index contributed by atoms with van der Waals surface area (Å²) < 4.78 is 24.7. The van der Waals surface area contributed by atoms with Crippen LogP contribution in [0.5, 0.6) is 0 Å². The second-order valence-corrected chi connectivity index (χ2v) is 5.76. The van der Waals surface area contributed by atoms with Gasteiger partial charge in [0.05, 0.1) is 0 Å². The molecule has 0 heterocycles. The van der Waals surface area contributed by atoms with E-state index >= 15 is 0 Å². The number of allylic oxidation sites excluding steroid dienone is 3. The molecular weight excluding hydrogens is 222 g/mol. The zero-order valence-corrected chi connectivity index (χ0v) is 11.1. The minimum atomic E-state index is -3.32. The van der Waals surface area contributed by atoms with E-state index in [4.69, 9.17) is 0 Å². The fourth-order valence-corrected chi connectivity index (χ4v) is 2.17. The molecule has 0 aromatic rings. The summed E-state index contributed by atoms with van der Waals surface area (Å²) in [5.41, 5.74) is 0. The third kappa shape index (κ3) is 5.88. The lowest BCUT2D eigenvalue weighted by molar-refractivity contribution is 0.398. The Hall–Kier alpha value is -0.870. The van der Waals surface area contributed by atoms with Crippen molar-refractivity contribution in [3.05, 3.63) is 36.3 Å². The Kier molecular flexibility index (Phi) is 7.01. The summed E-state index contributed by atoms with van der Waals surface area (Å²) in [6, 6.07) is 0. The summed E-state index contributed by atoms with van der Waals surface area (Å²) in [6.07, 6.45) is 7.43. The normalized spacial score (nSPS) is 13.3. The molecule has 3 nitrogen and oxygen atoms in total. The lowest BCUT2D eigenvalue weighted by Gasteiger charge is -2.20. The van der Waals surface area contributed by atoms with Gasteiger partial charge in [0, 0.05) is 18.5 Å². The third-order valence-corrected chi connectivity index (χ3v) is 3.33. The Bertz CT molecular complexity index is 353. The molecule has 0 unspecified atom stereocenters. The number of sulfonamides is 1. The predicted molar refractivity (Wildman–Crippen MR) is 69.5 cm³/mol. The van der Waals surface area contributed by atoms with Gasteiger partial charge in [0.15, 0.2) is 0 Å². The number of hydrogen-bond donors (Lipinski definition) is 0. The first-order chi connectivity index (χ1) is 7.44. The van der Waals surface area contributed by atoms with Gasteiger partial charge in [-0.05, 0) is 12.8 Å². The summed E-state index contributed by atoms with van der Waals surface area (Å²) in [4.78, 5) is 0. The van der Waals surface area contributed by atoms with Crippen LogP contribution in [-0.4, -0.2) is 25.8 Å². The SMILES string of the molecule is C=CS(=O)(=O)N(C/C=C/C=C/C)CC(C)C. The van der Waals surface area contributed by atoms with Crippen LogP contribution in [0.1, 0.15) is 20.8 Å². The largest absolute Gasteiger partial charge is 0.235 e. The Morgan fingerprint density at radius 3 is 2.38 bits per heavy atom. The van der Waals surface area contributed by atoms with Crippen molar-refractivity contribution in [1.29, 1.82) is 0 Å². The van der Waals surface area contributed by atoms with Crippen LogP contribution in [0.25, 0.3) is 0 Å². The number of rotatable bonds is 7. The summed E-state index contributed by atoms with van der Waals surface area (Å²) >= 11 is 0. The maximum absolute atomic E-state index is 11.7. The third-order valence-electron chi connectivity index (χ3n) is 1.89. The van der Waals surface area contributed by atoms with E-state index in [-0.39, 0.29) is 0 Å². The quantitative estimate of drug-likeness (QED) is 0.644. The van der Waals surface area contributed by atoms with Crippen molar-refractivity contribution in [3.63, 3.8) is 0 Å². The van der Waals surface area contributed by atoms with Crippen molar-refractivity contribution in [2.45, 2.75) is 20.8 Å². The molecule has 0 aromatic carbocycles. The second kappa shape index (κ2) is 7.41. The van der Waals surface area contributed by atoms with E-state index in [2.05, 4.69) is 6.58 Å². The molecule has 0 spiro atoms. The lowest BCUT2D eigenvalue weighted by atomic mass is 10.2. The first-order valence-corrected chi connectivity index (χ1v) is 6.84. The molecule has 0 atom stereocenters. The molecule has 0 radical (unpaired) electrons. The van der Waals surface area contributed by atoms with Crippen molar-refractivity contribution in [2.75, 3.05) is 13.1 Å². The molecule has 0 aliphatic heterocycles. The Balaban J connectivity index is 4.63. The molecule has 0 aliphatic carbocycles. The fraction of sp³-hybridized carbons (Fsp3) is 0.500. The van der Waals surface area contributed by atoms with Crippen LogP contribution < -0.4 is 0 Å². The van der Waals surface area contributed by atoms with Gasteiger partial charge in [-0.15, -0.1) is 0 Å². The van der Waals surface area contributed by atoms with Gasteiger partial charge in [0.1, 0.15) is 0 Å². The summed E-state index contributed by atoms with van der Waals surface area (Å²) in [5.74, 6) is 0.296. The van der Waals surface area contributed by atoms with Crippen molar-refractivity contribution < 1.29 is 8.42 Å². The molecule has 0 fully saturated rings. The molecule has 4 heteroatoms. The molecule has 0 amide bonds. The maximum Gasteiger partial charge on any atom is 0.235 e. The van der Waals surface area contributed by atoms with Crippen LogP contribution in [0.3, 0.4) is 0 Å². The minimum absolute atomic E-state index is 0.296. The molecule has 0 aliphatic rings. The van der Waals surface area contributed by atoms with Gasteiger partial charge in [-0.25, -0.2) is 8.42 Å². The van der Waals surface area contributed by atoms with Crippen molar-refractivity contribution in [1.82, 2.24) is 4.31 Å². The Morgan fingerprint density at radius 2 is 1.94 bits per heavy atom. The molecule has 0 saturated carbocycles. The van der Waals surface area contributed by atoms with Crippen LogP contribution in [0.15, 0.2) is 36.3 Å². The maximum atomic E-state index is 11.7. The molecule has 0 bridgehead atoms. The lowest BCUT2D eigenvalue weighted by Crippen LogP contribution is -2.32. The van der Waals surface area contributed by atoms with E-state index in [0.717, 1.165) is 5.41 Å². The van der Waals surface area contributed by atoms with E-state index in [1.165, 1.54) is 4.31 Å². The Morgan fingerprint density at radius 1 is 1.31 bits per heavy atom. The molecule has 0 rings (SSSR count). The first kappa shape index (κ1) is 15.1. The Labute approximate surface area is 99.2 Å². The van der Waals surface area contributed by atoms with Gasteiger partial charge < -0.3 is 0 Å². The van der Waals surface area contributed by atoms with Gasteiger partial charge in [0.25, 0.3) is 0 Å². The highest BCUT2D eigenvalue weighted by molar-refractivity contribution is 7.92. The highest BCUT2D eigenvalue weighted by atomic mass is 32.2. The molecule has 0 N–H and O–H groups in total. The van der Waals surface area contributed by atoms with E-state index in [1.54, 1.807) is 0 Å². The van der Waals surface area contributed by atoms with Crippen molar-refractivity contribution >= 4 is 10.0 Å². The highest BCUT2D eigenvalue weighted by Gasteiger charge is 2.17. The van der Waals surface area contributed by atoms with Crippen LogP contribution >= 0.6 is 0 Å². The first-order valence-electron chi connectivity index (χ1n) is 5.34. The van der Waals surface area contributed by atoms with Crippen LogP contribution in [-0.2, 0) is 10.0 Å². The van der Waals surface area contributed by atoms with E-state index in [9.17, 15) is 8.42 Å². The summed E-state index contributed by atoms with van der Waals surface area (Å²) in [7, 11) is -3.32. The number of nitrogens with zero attached hydrogens (tertiary/aromatic N) is 1. The topological polar surface area (TPSA) is 37.4 Å². The fourth-order valence-electron chi connectivity index (χ4n) is 1.16. The van der Waals surface area contributed by atoms with Crippen molar-refractivity contribution in [3.8, 4) is 0 Å².